The summed E-state index contributed by atoms with van der Waals surface area (Å²) in [5, 5.41) is 2.63. The molecule has 1 N–H and O–H groups in total. The first-order valence-electron chi connectivity index (χ1n) is 6.70. The van der Waals surface area contributed by atoms with Crippen LogP contribution in [0.5, 0.6) is 0 Å². The van der Waals surface area contributed by atoms with E-state index in [1.807, 2.05) is 17.9 Å². The summed E-state index contributed by atoms with van der Waals surface area (Å²) in [5.74, 6) is 3.06. The van der Waals surface area contributed by atoms with E-state index in [0.29, 0.717) is 18.1 Å². The molecule has 0 radical (unpaired) electrons. The molecule has 1 atom stereocenters. The Morgan fingerprint density at radius 3 is 2.95 bits per heavy atom. The van der Waals surface area contributed by atoms with Crippen LogP contribution in [0.1, 0.15) is 13.8 Å². The van der Waals surface area contributed by atoms with E-state index in [1.165, 1.54) is 6.33 Å². The smallest absolute Gasteiger partial charge is 0.171 e. The zero-order valence-electron chi connectivity index (χ0n) is 11.7. The molecule has 0 bridgehead atoms. The molecule has 1 fully saturated rings. The Labute approximate surface area is 124 Å². The third-order valence-electron chi connectivity index (χ3n) is 3.21. The van der Waals surface area contributed by atoms with Crippen molar-refractivity contribution in [3.63, 3.8) is 0 Å². The first-order chi connectivity index (χ1) is 9.58. The van der Waals surface area contributed by atoms with E-state index in [4.69, 9.17) is 0 Å². The van der Waals surface area contributed by atoms with Crippen molar-refractivity contribution in [2.75, 3.05) is 40.6 Å². The molecule has 1 aromatic heterocycles. The second kappa shape index (κ2) is 6.62. The molecule has 0 amide bonds. The molecule has 2 rings (SSSR count). The first-order valence-corrected chi connectivity index (χ1v) is 9.57. The van der Waals surface area contributed by atoms with Gasteiger partial charge in [0.05, 0.1) is 0 Å². The lowest BCUT2D eigenvalue weighted by Crippen LogP contribution is -2.48. The van der Waals surface area contributed by atoms with Crippen LogP contribution in [0, 0.1) is 0 Å². The highest BCUT2D eigenvalue weighted by atomic mass is 32.2. The monoisotopic (exact) mass is 316 g/mol. The van der Waals surface area contributed by atoms with E-state index in [-0.39, 0.29) is 5.75 Å². The van der Waals surface area contributed by atoms with Crippen molar-refractivity contribution in [2.24, 2.45) is 0 Å². The Morgan fingerprint density at radius 1 is 1.45 bits per heavy atom. The molecule has 6 nitrogen and oxygen atoms in total. The van der Waals surface area contributed by atoms with Crippen molar-refractivity contribution in [1.29, 1.82) is 0 Å². The predicted molar refractivity (Wildman–Crippen MR) is 84.1 cm³/mol. The molecule has 112 valence electrons. The van der Waals surface area contributed by atoms with E-state index < -0.39 is 15.2 Å². The van der Waals surface area contributed by atoms with E-state index in [9.17, 15) is 8.42 Å². The average molecular weight is 316 g/mol. The first kappa shape index (κ1) is 15.4. The van der Waals surface area contributed by atoms with Gasteiger partial charge < -0.3 is 10.2 Å². The predicted octanol–water partition coefficient (Wildman–Crippen LogP) is 1.22. The number of hydrogen-bond acceptors (Lipinski definition) is 7. The van der Waals surface area contributed by atoms with Gasteiger partial charge in [0.2, 0.25) is 0 Å². The number of hydrogen-bond donors (Lipinski definition) is 1. The van der Waals surface area contributed by atoms with Gasteiger partial charge in [0, 0.05) is 36.4 Å². The van der Waals surface area contributed by atoms with Gasteiger partial charge in [-0.15, -0.1) is 0 Å². The number of rotatable bonds is 5. The summed E-state index contributed by atoms with van der Waals surface area (Å²) in [7, 11) is -3.12. The van der Waals surface area contributed by atoms with Gasteiger partial charge in [-0.05, 0) is 6.92 Å². The van der Waals surface area contributed by atoms with Crippen LogP contribution in [-0.2, 0) is 9.84 Å². The van der Waals surface area contributed by atoms with Gasteiger partial charge in [-0.25, -0.2) is 18.4 Å². The minimum absolute atomic E-state index is 0.153. The maximum Gasteiger partial charge on any atom is 0.171 e. The van der Waals surface area contributed by atoms with Crippen molar-refractivity contribution in [3.8, 4) is 0 Å². The zero-order chi connectivity index (χ0) is 14.6. The molecule has 0 aromatic carbocycles. The number of anilines is 2. The number of aromatic nitrogens is 2. The van der Waals surface area contributed by atoms with Crippen LogP contribution in [-0.4, -0.2) is 54.1 Å². The van der Waals surface area contributed by atoms with Crippen LogP contribution in [0.2, 0.25) is 0 Å². The molecule has 0 spiro atoms. The van der Waals surface area contributed by atoms with Gasteiger partial charge in [-0.1, -0.05) is 6.92 Å². The Hall–Kier alpha value is -1.02. The maximum atomic E-state index is 12.2. The Balaban J connectivity index is 2.30. The van der Waals surface area contributed by atoms with Crippen molar-refractivity contribution in [3.05, 3.63) is 12.4 Å². The SMILES string of the molecule is CCNc1cc(N2CCSCC2S(=O)(=O)CC)ncn1. The second-order valence-corrected chi connectivity index (χ2v) is 8.06. The summed E-state index contributed by atoms with van der Waals surface area (Å²) in [6.45, 7) is 5.14. The van der Waals surface area contributed by atoms with E-state index in [1.54, 1.807) is 18.7 Å². The summed E-state index contributed by atoms with van der Waals surface area (Å²) < 4.78 is 24.5. The second-order valence-electron chi connectivity index (χ2n) is 4.47. The molecule has 2 heterocycles. The molecule has 20 heavy (non-hydrogen) atoms. The molecule has 1 aliphatic rings. The average Bonchev–Trinajstić information content (AvgIpc) is 2.48. The fourth-order valence-corrected chi connectivity index (χ4v) is 5.09. The summed E-state index contributed by atoms with van der Waals surface area (Å²) in [6.07, 6.45) is 1.48. The maximum absolute atomic E-state index is 12.2. The summed E-state index contributed by atoms with van der Waals surface area (Å²) in [6, 6.07) is 1.82. The summed E-state index contributed by atoms with van der Waals surface area (Å²) >= 11 is 1.68. The third kappa shape index (κ3) is 3.35. The van der Waals surface area contributed by atoms with E-state index in [2.05, 4.69) is 15.3 Å². The van der Waals surface area contributed by atoms with E-state index in [0.717, 1.165) is 18.1 Å². The lowest BCUT2D eigenvalue weighted by atomic mass is 10.4. The minimum Gasteiger partial charge on any atom is -0.370 e. The fourth-order valence-electron chi connectivity index (χ4n) is 2.11. The fraction of sp³-hybridized carbons (Fsp3) is 0.667. The van der Waals surface area contributed by atoms with Crippen molar-refractivity contribution in [2.45, 2.75) is 19.2 Å². The standard InChI is InChI=1S/C12H20N4O2S2/c1-3-13-10-7-11(15-9-14-10)16-5-6-19-8-12(16)20(17,18)4-2/h7,9,12H,3-6,8H2,1-2H3,(H,13,14,15). The van der Waals surface area contributed by atoms with Crippen LogP contribution < -0.4 is 10.2 Å². The Morgan fingerprint density at radius 2 is 2.25 bits per heavy atom. The molecule has 1 saturated heterocycles. The van der Waals surface area contributed by atoms with Crippen molar-refractivity contribution >= 4 is 33.2 Å². The van der Waals surface area contributed by atoms with Gasteiger partial charge >= 0.3 is 0 Å². The minimum atomic E-state index is -3.12. The van der Waals surface area contributed by atoms with Crippen LogP contribution in [0.3, 0.4) is 0 Å². The number of nitrogens with zero attached hydrogens (tertiary/aromatic N) is 3. The van der Waals surface area contributed by atoms with Gasteiger partial charge in [-0.2, -0.15) is 11.8 Å². The van der Waals surface area contributed by atoms with Crippen molar-refractivity contribution < 1.29 is 8.42 Å². The van der Waals surface area contributed by atoms with Crippen LogP contribution in [0.4, 0.5) is 11.6 Å². The van der Waals surface area contributed by atoms with Crippen LogP contribution >= 0.6 is 11.8 Å². The topological polar surface area (TPSA) is 75.2 Å². The molecular weight excluding hydrogens is 296 g/mol. The Bertz CT molecular complexity index is 550. The lowest BCUT2D eigenvalue weighted by molar-refractivity contribution is 0.579. The molecule has 1 aromatic rings. The highest BCUT2D eigenvalue weighted by molar-refractivity contribution is 8.01. The van der Waals surface area contributed by atoms with Crippen molar-refractivity contribution in [1.82, 2.24) is 9.97 Å². The summed E-state index contributed by atoms with van der Waals surface area (Å²) in [4.78, 5) is 10.3. The molecule has 0 aliphatic carbocycles. The Kier molecular flexibility index (Phi) is 5.09. The molecule has 8 heteroatoms. The normalized spacial score (nSPS) is 19.9. The van der Waals surface area contributed by atoms with Gasteiger partial charge in [0.15, 0.2) is 9.84 Å². The number of sulfone groups is 1. The number of nitrogens with one attached hydrogen (secondary N) is 1. The molecule has 0 saturated carbocycles. The quantitative estimate of drug-likeness (QED) is 0.875. The molecular formula is C12H20N4O2S2. The van der Waals surface area contributed by atoms with Crippen LogP contribution in [0.15, 0.2) is 12.4 Å². The molecule has 1 unspecified atom stereocenters. The van der Waals surface area contributed by atoms with Gasteiger partial charge in [-0.3, -0.25) is 0 Å². The largest absolute Gasteiger partial charge is 0.370 e. The zero-order valence-corrected chi connectivity index (χ0v) is 13.4. The lowest BCUT2D eigenvalue weighted by Gasteiger charge is -2.35. The highest BCUT2D eigenvalue weighted by Gasteiger charge is 2.33. The highest BCUT2D eigenvalue weighted by Crippen LogP contribution is 2.26. The summed E-state index contributed by atoms with van der Waals surface area (Å²) in [5.41, 5.74) is 0. The molecule has 1 aliphatic heterocycles. The third-order valence-corrected chi connectivity index (χ3v) is 6.49. The van der Waals surface area contributed by atoms with Gasteiger partial charge in [0.25, 0.3) is 0 Å². The van der Waals surface area contributed by atoms with Crippen LogP contribution in [0.25, 0.3) is 0 Å². The van der Waals surface area contributed by atoms with E-state index >= 15 is 0 Å². The number of thioether (sulfide) groups is 1. The van der Waals surface area contributed by atoms with Gasteiger partial charge in [0.1, 0.15) is 23.3 Å².